The van der Waals surface area contributed by atoms with Crippen LogP contribution in [-0.4, -0.2) is 57.2 Å². The van der Waals surface area contributed by atoms with Gasteiger partial charge in [-0.2, -0.15) is 5.26 Å². The molecule has 0 bridgehead atoms. The molecule has 1 aliphatic heterocycles. The third kappa shape index (κ3) is 8.99. The zero-order chi connectivity index (χ0) is 26.9. The summed E-state index contributed by atoms with van der Waals surface area (Å²) in [5, 5.41) is 10.0. The molecule has 0 spiro atoms. The van der Waals surface area contributed by atoms with Crippen molar-refractivity contribution in [1.82, 2.24) is 14.9 Å². The number of aromatic amines is 1. The Balaban J connectivity index is 2.25. The first-order chi connectivity index (χ1) is 16.9. The third-order valence-electron chi connectivity index (χ3n) is 7.16. The average molecular weight is 525 g/mol. The molecule has 1 fully saturated rings. The van der Waals surface area contributed by atoms with Crippen LogP contribution in [0.5, 0.6) is 0 Å². The number of ether oxygens (including phenoxy) is 1. The van der Waals surface area contributed by atoms with E-state index in [1.165, 1.54) is 0 Å². The fourth-order valence-corrected chi connectivity index (χ4v) is 6.50. The lowest BCUT2D eigenvalue weighted by Crippen LogP contribution is -2.38. The van der Waals surface area contributed by atoms with E-state index in [2.05, 4.69) is 36.8 Å². The Kier molecular flexibility index (Phi) is 11.6. The Labute approximate surface area is 216 Å². The van der Waals surface area contributed by atoms with Crippen molar-refractivity contribution in [3.63, 3.8) is 0 Å². The minimum absolute atomic E-state index is 0.0164. The number of amides is 1. The SMILES string of the molecule is CCC(C)OP(=O)(O)C(C#N)C(CCC(=O)N(CCC(C)(C)C)C(C)c1ncc[nH]1)C1CCOCC1. The topological polar surface area (TPSA) is 129 Å². The number of nitrogens with zero attached hydrogens (tertiary/aromatic N) is 3. The Morgan fingerprint density at radius 2 is 2.06 bits per heavy atom. The predicted octanol–water partition coefficient (Wildman–Crippen LogP) is 5.45. The summed E-state index contributed by atoms with van der Waals surface area (Å²) in [6.45, 7) is 13.6. The Hall–Kier alpha value is -1.72. The van der Waals surface area contributed by atoms with Crippen LogP contribution in [0.25, 0.3) is 0 Å². The molecule has 5 atom stereocenters. The fraction of sp³-hybridized carbons (Fsp3) is 0.808. The van der Waals surface area contributed by atoms with E-state index in [4.69, 9.17) is 9.26 Å². The summed E-state index contributed by atoms with van der Waals surface area (Å²) in [5.41, 5.74) is -1.14. The molecule has 5 unspecified atom stereocenters. The molecule has 36 heavy (non-hydrogen) atoms. The molecule has 1 aliphatic rings. The number of imidazole rings is 1. The molecule has 0 aliphatic carbocycles. The van der Waals surface area contributed by atoms with Gasteiger partial charge in [-0.3, -0.25) is 9.36 Å². The smallest absolute Gasteiger partial charge is 0.345 e. The number of hydrogen-bond acceptors (Lipinski definition) is 6. The molecular weight excluding hydrogens is 479 g/mol. The van der Waals surface area contributed by atoms with Crippen LogP contribution < -0.4 is 0 Å². The Morgan fingerprint density at radius 3 is 2.58 bits per heavy atom. The standard InChI is InChI=1S/C26H45N4O5P/c1-7-19(2)35-36(32,33)23(18-27)22(21-10-16-34-17-11-21)8-9-24(31)30(15-12-26(4,5)6)20(3)25-28-13-14-29-25/h13-14,19-23H,7-12,15-17H2,1-6H3,(H,28,29)(H,32,33). The van der Waals surface area contributed by atoms with Gasteiger partial charge in [-0.1, -0.05) is 27.7 Å². The number of nitrogens with one attached hydrogen (secondary N) is 1. The first-order valence-corrected chi connectivity index (χ1v) is 14.8. The molecule has 2 heterocycles. The van der Waals surface area contributed by atoms with E-state index in [1.807, 2.05) is 18.7 Å². The van der Waals surface area contributed by atoms with Gasteiger partial charge in [-0.15, -0.1) is 0 Å². The molecule has 1 aromatic heterocycles. The second-order valence-corrected chi connectivity index (χ2v) is 13.1. The predicted molar refractivity (Wildman–Crippen MR) is 139 cm³/mol. The highest BCUT2D eigenvalue weighted by molar-refractivity contribution is 7.54. The van der Waals surface area contributed by atoms with Crippen molar-refractivity contribution in [2.24, 2.45) is 17.3 Å². The lowest BCUT2D eigenvalue weighted by molar-refractivity contribution is -0.134. The molecule has 10 heteroatoms. The van der Waals surface area contributed by atoms with Gasteiger partial charge in [0.25, 0.3) is 0 Å². The molecule has 1 aromatic rings. The quantitative estimate of drug-likeness (QED) is 0.328. The maximum absolute atomic E-state index is 13.6. The van der Waals surface area contributed by atoms with Crippen LogP contribution in [0, 0.1) is 28.6 Å². The average Bonchev–Trinajstić information content (AvgIpc) is 3.36. The molecule has 2 rings (SSSR count). The van der Waals surface area contributed by atoms with Crippen LogP contribution in [0.15, 0.2) is 12.4 Å². The summed E-state index contributed by atoms with van der Waals surface area (Å²) < 4.78 is 24.2. The third-order valence-corrected chi connectivity index (χ3v) is 9.03. The van der Waals surface area contributed by atoms with Gasteiger partial charge < -0.3 is 24.0 Å². The molecule has 1 amide bonds. The number of carbonyl (C=O) groups excluding carboxylic acids is 1. The van der Waals surface area contributed by atoms with E-state index in [0.29, 0.717) is 45.4 Å². The van der Waals surface area contributed by atoms with E-state index >= 15 is 0 Å². The second-order valence-electron chi connectivity index (χ2n) is 11.2. The van der Waals surface area contributed by atoms with Gasteiger partial charge >= 0.3 is 7.60 Å². The van der Waals surface area contributed by atoms with E-state index in [1.54, 1.807) is 19.3 Å². The number of hydrogen-bond donors (Lipinski definition) is 2. The van der Waals surface area contributed by atoms with Gasteiger partial charge in [0.1, 0.15) is 5.82 Å². The monoisotopic (exact) mass is 524 g/mol. The highest BCUT2D eigenvalue weighted by Crippen LogP contribution is 2.54. The van der Waals surface area contributed by atoms with E-state index in [0.717, 1.165) is 12.2 Å². The maximum atomic E-state index is 13.6. The molecule has 204 valence electrons. The first kappa shape index (κ1) is 30.5. The van der Waals surface area contributed by atoms with Crippen molar-refractivity contribution >= 4 is 13.5 Å². The largest absolute Gasteiger partial charge is 0.381 e. The van der Waals surface area contributed by atoms with E-state index in [9.17, 15) is 19.5 Å². The van der Waals surface area contributed by atoms with Gasteiger partial charge in [-0.05, 0) is 63.2 Å². The first-order valence-electron chi connectivity index (χ1n) is 13.2. The number of carbonyl (C=O) groups is 1. The molecule has 0 aromatic carbocycles. The summed E-state index contributed by atoms with van der Waals surface area (Å²) in [6, 6.07) is 1.86. The molecular formula is C26H45N4O5P. The Bertz CT molecular complexity index is 889. The van der Waals surface area contributed by atoms with E-state index < -0.39 is 25.3 Å². The van der Waals surface area contributed by atoms with Crippen molar-refractivity contribution in [2.75, 3.05) is 19.8 Å². The van der Waals surface area contributed by atoms with Crippen molar-refractivity contribution < 1.29 is 23.5 Å². The maximum Gasteiger partial charge on any atom is 0.345 e. The lowest BCUT2D eigenvalue weighted by atomic mass is 9.81. The minimum atomic E-state index is -4.22. The van der Waals surface area contributed by atoms with Crippen LogP contribution in [0.1, 0.15) is 91.9 Å². The number of H-pyrrole nitrogens is 1. The summed E-state index contributed by atoms with van der Waals surface area (Å²) >= 11 is 0. The molecule has 2 N–H and O–H groups in total. The van der Waals surface area contributed by atoms with Crippen LogP contribution in [0.4, 0.5) is 0 Å². The van der Waals surface area contributed by atoms with Gasteiger partial charge in [-0.25, -0.2) is 4.98 Å². The van der Waals surface area contributed by atoms with Crippen LogP contribution in [0.3, 0.4) is 0 Å². The second kappa shape index (κ2) is 13.7. The molecule has 0 saturated carbocycles. The van der Waals surface area contributed by atoms with Crippen molar-refractivity contribution in [3.8, 4) is 6.07 Å². The van der Waals surface area contributed by atoms with Gasteiger partial charge in [0, 0.05) is 38.6 Å². The number of nitriles is 1. The summed E-state index contributed by atoms with van der Waals surface area (Å²) in [6.07, 6.45) is 6.27. The van der Waals surface area contributed by atoms with Gasteiger partial charge in [0.15, 0.2) is 5.66 Å². The van der Waals surface area contributed by atoms with Crippen LogP contribution in [-0.2, 0) is 18.6 Å². The summed E-state index contributed by atoms with van der Waals surface area (Å²) in [4.78, 5) is 33.7. The highest BCUT2D eigenvalue weighted by Gasteiger charge is 2.44. The van der Waals surface area contributed by atoms with Crippen molar-refractivity contribution in [2.45, 2.75) is 97.9 Å². The highest BCUT2D eigenvalue weighted by atomic mass is 31.2. The van der Waals surface area contributed by atoms with Gasteiger partial charge in [0.05, 0.1) is 18.2 Å². The fourth-order valence-electron chi connectivity index (χ4n) is 4.68. The molecule has 1 saturated heterocycles. The summed E-state index contributed by atoms with van der Waals surface area (Å²) in [5.74, 6) is 0.247. The van der Waals surface area contributed by atoms with Crippen molar-refractivity contribution in [1.29, 1.82) is 5.26 Å². The Morgan fingerprint density at radius 1 is 1.39 bits per heavy atom. The molecule has 9 nitrogen and oxygen atoms in total. The lowest BCUT2D eigenvalue weighted by Gasteiger charge is -2.36. The van der Waals surface area contributed by atoms with Gasteiger partial charge in [0.2, 0.25) is 5.91 Å². The molecule has 0 radical (unpaired) electrons. The number of aromatic nitrogens is 2. The van der Waals surface area contributed by atoms with Crippen LogP contribution in [0.2, 0.25) is 0 Å². The van der Waals surface area contributed by atoms with E-state index in [-0.39, 0.29) is 29.7 Å². The zero-order valence-electron chi connectivity index (χ0n) is 22.8. The minimum Gasteiger partial charge on any atom is -0.381 e. The number of rotatable bonds is 13. The van der Waals surface area contributed by atoms with Crippen molar-refractivity contribution in [3.05, 3.63) is 18.2 Å². The van der Waals surface area contributed by atoms with Crippen LogP contribution >= 0.6 is 7.60 Å². The normalized spacial score (nSPS) is 20.1. The zero-order valence-corrected chi connectivity index (χ0v) is 23.7. The summed E-state index contributed by atoms with van der Waals surface area (Å²) in [7, 11) is -4.22.